The molecule has 116 valence electrons. The highest BCUT2D eigenvalue weighted by Gasteiger charge is 2.23. The zero-order valence-corrected chi connectivity index (χ0v) is 12.6. The summed E-state index contributed by atoms with van der Waals surface area (Å²) in [7, 11) is 0. The van der Waals surface area contributed by atoms with Gasteiger partial charge in [0.15, 0.2) is 11.5 Å². The molecule has 0 aliphatic carbocycles. The molecule has 2 heterocycles. The molecule has 0 spiro atoms. The molecule has 5 heteroatoms. The number of hydrogen-bond donors (Lipinski definition) is 1. The van der Waals surface area contributed by atoms with Gasteiger partial charge in [-0.2, -0.15) is 0 Å². The minimum absolute atomic E-state index is 0.0140. The second kappa shape index (κ2) is 6.64. The van der Waals surface area contributed by atoms with E-state index in [0.29, 0.717) is 12.9 Å². The minimum Gasteiger partial charge on any atom is -0.454 e. The summed E-state index contributed by atoms with van der Waals surface area (Å²) in [5.74, 6) is 1.61. The van der Waals surface area contributed by atoms with Crippen LogP contribution in [0.3, 0.4) is 0 Å². The standard InChI is InChI=1S/C16H24N2O3/c1-2-19-13-4-3-7-18(9-13)10-14(17)12-5-6-15-16(8-12)21-11-20-15/h5-6,8,13-14H,2-4,7,9-11,17H2,1H3. The number of benzene rings is 1. The van der Waals surface area contributed by atoms with Crippen LogP contribution in [0.5, 0.6) is 11.5 Å². The highest BCUT2D eigenvalue weighted by Crippen LogP contribution is 2.34. The molecule has 5 nitrogen and oxygen atoms in total. The quantitative estimate of drug-likeness (QED) is 0.898. The first kappa shape index (κ1) is 14.6. The Morgan fingerprint density at radius 1 is 1.38 bits per heavy atom. The molecule has 1 saturated heterocycles. The Labute approximate surface area is 126 Å². The van der Waals surface area contributed by atoms with Crippen molar-refractivity contribution in [3.05, 3.63) is 23.8 Å². The number of nitrogens with zero attached hydrogens (tertiary/aromatic N) is 1. The van der Waals surface area contributed by atoms with E-state index in [-0.39, 0.29) is 6.04 Å². The largest absolute Gasteiger partial charge is 0.454 e. The van der Waals surface area contributed by atoms with Gasteiger partial charge in [-0.25, -0.2) is 0 Å². The fourth-order valence-corrected chi connectivity index (χ4v) is 3.08. The first-order valence-electron chi connectivity index (χ1n) is 7.75. The van der Waals surface area contributed by atoms with Crippen molar-refractivity contribution in [2.45, 2.75) is 31.9 Å². The maximum Gasteiger partial charge on any atom is 0.231 e. The Hall–Kier alpha value is -1.30. The summed E-state index contributed by atoms with van der Waals surface area (Å²) in [6.07, 6.45) is 2.69. The monoisotopic (exact) mass is 292 g/mol. The molecule has 2 atom stereocenters. The van der Waals surface area contributed by atoms with Crippen LogP contribution in [-0.2, 0) is 4.74 Å². The SMILES string of the molecule is CCOC1CCCN(CC(N)c2ccc3c(c2)OCO3)C1. The molecule has 2 aliphatic rings. The third-order valence-electron chi connectivity index (χ3n) is 4.14. The Morgan fingerprint density at radius 2 is 2.24 bits per heavy atom. The fourth-order valence-electron chi connectivity index (χ4n) is 3.08. The van der Waals surface area contributed by atoms with Crippen molar-refractivity contribution < 1.29 is 14.2 Å². The Morgan fingerprint density at radius 3 is 3.10 bits per heavy atom. The zero-order chi connectivity index (χ0) is 14.7. The minimum atomic E-state index is -0.0140. The van der Waals surface area contributed by atoms with Crippen LogP contribution in [0.15, 0.2) is 18.2 Å². The van der Waals surface area contributed by atoms with Crippen molar-refractivity contribution in [1.82, 2.24) is 4.90 Å². The van der Waals surface area contributed by atoms with Crippen molar-refractivity contribution in [1.29, 1.82) is 0 Å². The van der Waals surface area contributed by atoms with Gasteiger partial charge >= 0.3 is 0 Å². The van der Waals surface area contributed by atoms with Gasteiger partial charge < -0.3 is 19.9 Å². The van der Waals surface area contributed by atoms with E-state index in [4.69, 9.17) is 19.9 Å². The molecule has 0 aromatic heterocycles. The normalized spacial score (nSPS) is 23.2. The van der Waals surface area contributed by atoms with E-state index in [1.165, 1.54) is 6.42 Å². The number of likely N-dealkylation sites (tertiary alicyclic amines) is 1. The molecule has 0 radical (unpaired) electrons. The molecule has 1 aromatic rings. The first-order chi connectivity index (χ1) is 10.3. The summed E-state index contributed by atoms with van der Waals surface area (Å²) in [4.78, 5) is 2.40. The van der Waals surface area contributed by atoms with Crippen LogP contribution in [0.2, 0.25) is 0 Å². The second-order valence-electron chi connectivity index (χ2n) is 5.70. The van der Waals surface area contributed by atoms with Gasteiger partial charge in [0.25, 0.3) is 0 Å². The summed E-state index contributed by atoms with van der Waals surface area (Å²) in [5, 5.41) is 0. The van der Waals surface area contributed by atoms with Crippen molar-refractivity contribution in [3.63, 3.8) is 0 Å². The Bertz CT molecular complexity index is 479. The van der Waals surface area contributed by atoms with E-state index >= 15 is 0 Å². The second-order valence-corrected chi connectivity index (χ2v) is 5.70. The lowest BCUT2D eigenvalue weighted by molar-refractivity contribution is 0.00449. The van der Waals surface area contributed by atoms with Gasteiger partial charge in [-0.05, 0) is 44.0 Å². The van der Waals surface area contributed by atoms with Crippen LogP contribution in [-0.4, -0.2) is 44.0 Å². The molecule has 0 bridgehead atoms. The van der Waals surface area contributed by atoms with Crippen molar-refractivity contribution in [2.24, 2.45) is 5.73 Å². The highest BCUT2D eigenvalue weighted by molar-refractivity contribution is 5.45. The number of piperidine rings is 1. The van der Waals surface area contributed by atoms with Crippen molar-refractivity contribution in [2.75, 3.05) is 33.0 Å². The van der Waals surface area contributed by atoms with Crippen LogP contribution in [0, 0.1) is 0 Å². The van der Waals surface area contributed by atoms with Gasteiger partial charge in [-0.1, -0.05) is 6.07 Å². The van der Waals surface area contributed by atoms with Crippen LogP contribution >= 0.6 is 0 Å². The molecular weight excluding hydrogens is 268 g/mol. The molecule has 2 N–H and O–H groups in total. The summed E-state index contributed by atoms with van der Waals surface area (Å²) < 4.78 is 16.5. The Kier molecular flexibility index (Phi) is 4.63. The van der Waals surface area contributed by atoms with Crippen LogP contribution in [0.25, 0.3) is 0 Å². The lowest BCUT2D eigenvalue weighted by atomic mass is 10.0. The third-order valence-corrected chi connectivity index (χ3v) is 4.14. The maximum absolute atomic E-state index is 6.36. The summed E-state index contributed by atoms with van der Waals surface area (Å²) in [6, 6.07) is 5.95. The molecule has 2 aliphatic heterocycles. The van der Waals surface area contributed by atoms with Gasteiger partial charge in [0.05, 0.1) is 6.10 Å². The lowest BCUT2D eigenvalue weighted by Gasteiger charge is -2.34. The van der Waals surface area contributed by atoms with E-state index in [1.54, 1.807) is 0 Å². The van der Waals surface area contributed by atoms with Crippen LogP contribution < -0.4 is 15.2 Å². The molecular formula is C16H24N2O3. The van der Waals surface area contributed by atoms with E-state index in [1.807, 2.05) is 18.2 Å². The average Bonchev–Trinajstić information content (AvgIpc) is 2.95. The maximum atomic E-state index is 6.36. The average molecular weight is 292 g/mol. The van der Waals surface area contributed by atoms with Gasteiger partial charge in [0, 0.05) is 25.7 Å². The summed E-state index contributed by atoms with van der Waals surface area (Å²) in [6.45, 7) is 6.07. The van der Waals surface area contributed by atoms with E-state index in [9.17, 15) is 0 Å². The van der Waals surface area contributed by atoms with Crippen molar-refractivity contribution in [3.8, 4) is 11.5 Å². The lowest BCUT2D eigenvalue weighted by Crippen LogP contribution is -2.42. The summed E-state index contributed by atoms with van der Waals surface area (Å²) in [5.41, 5.74) is 7.46. The Balaban J connectivity index is 1.59. The smallest absolute Gasteiger partial charge is 0.231 e. The van der Waals surface area contributed by atoms with Crippen LogP contribution in [0.1, 0.15) is 31.4 Å². The molecule has 1 fully saturated rings. The number of nitrogens with two attached hydrogens (primary N) is 1. The predicted molar refractivity (Wildman–Crippen MR) is 80.6 cm³/mol. The molecule has 21 heavy (non-hydrogen) atoms. The van der Waals surface area contributed by atoms with Gasteiger partial charge in [0.2, 0.25) is 6.79 Å². The third kappa shape index (κ3) is 3.48. The molecule has 3 rings (SSSR count). The van der Waals surface area contributed by atoms with Gasteiger partial charge in [-0.15, -0.1) is 0 Å². The molecule has 0 amide bonds. The number of hydrogen-bond acceptors (Lipinski definition) is 5. The molecule has 0 saturated carbocycles. The number of rotatable bonds is 5. The van der Waals surface area contributed by atoms with Crippen LogP contribution in [0.4, 0.5) is 0 Å². The number of ether oxygens (including phenoxy) is 3. The van der Waals surface area contributed by atoms with Crippen molar-refractivity contribution >= 4 is 0 Å². The summed E-state index contributed by atoms with van der Waals surface area (Å²) >= 11 is 0. The van der Waals surface area contributed by atoms with E-state index in [0.717, 1.165) is 49.7 Å². The fraction of sp³-hybridized carbons (Fsp3) is 0.625. The first-order valence-corrected chi connectivity index (χ1v) is 7.75. The van der Waals surface area contributed by atoms with Gasteiger partial charge in [-0.3, -0.25) is 4.90 Å². The highest BCUT2D eigenvalue weighted by atomic mass is 16.7. The molecule has 1 aromatic carbocycles. The predicted octanol–water partition coefficient (Wildman–Crippen LogP) is 1.92. The van der Waals surface area contributed by atoms with E-state index in [2.05, 4.69) is 11.8 Å². The molecule has 2 unspecified atom stereocenters. The topological polar surface area (TPSA) is 57.0 Å². The van der Waals surface area contributed by atoms with E-state index < -0.39 is 0 Å². The number of fused-ring (bicyclic) bond motifs is 1. The van der Waals surface area contributed by atoms with Gasteiger partial charge in [0.1, 0.15) is 0 Å². The zero-order valence-electron chi connectivity index (χ0n) is 12.6.